The molecule has 2 aliphatic rings. The smallest absolute Gasteiger partial charge is 0.245 e. The quantitative estimate of drug-likeness (QED) is 0.607. The van der Waals surface area contributed by atoms with Gasteiger partial charge in [0.25, 0.3) is 0 Å². The second-order valence-electron chi connectivity index (χ2n) is 8.79. The molecule has 0 saturated carbocycles. The molecule has 0 radical (unpaired) electrons. The molecule has 11 heteroatoms. The minimum Gasteiger partial charge on any atom is -0.362 e. The summed E-state index contributed by atoms with van der Waals surface area (Å²) in [4.78, 5) is 37.6. The van der Waals surface area contributed by atoms with Crippen LogP contribution in [0.3, 0.4) is 0 Å². The van der Waals surface area contributed by atoms with Gasteiger partial charge in [0.15, 0.2) is 5.82 Å². The third-order valence-electron chi connectivity index (χ3n) is 6.27. The van der Waals surface area contributed by atoms with E-state index in [1.165, 1.54) is 0 Å². The van der Waals surface area contributed by atoms with Crippen LogP contribution in [0, 0.1) is 6.92 Å². The monoisotopic (exact) mass is 524 g/mol. The molecule has 0 bridgehead atoms. The van der Waals surface area contributed by atoms with E-state index >= 15 is 0 Å². The summed E-state index contributed by atoms with van der Waals surface area (Å²) in [5.41, 5.74) is 1.53. The Kier molecular flexibility index (Phi) is 7.40. The van der Waals surface area contributed by atoms with E-state index in [-0.39, 0.29) is 23.9 Å². The van der Waals surface area contributed by atoms with Crippen molar-refractivity contribution in [3.63, 3.8) is 0 Å². The lowest BCUT2D eigenvalue weighted by Crippen LogP contribution is -2.58. The van der Waals surface area contributed by atoms with Gasteiger partial charge in [-0.1, -0.05) is 40.9 Å². The molecule has 2 aromatic rings. The maximum absolute atomic E-state index is 12.9. The largest absolute Gasteiger partial charge is 0.362 e. The molecule has 4 rings (SSSR count). The Bertz CT molecular complexity index is 1110. The summed E-state index contributed by atoms with van der Waals surface area (Å²) < 4.78 is 0. The van der Waals surface area contributed by atoms with Gasteiger partial charge in [0.1, 0.15) is 11.1 Å². The molecular formula is C23H27Cl3N6O2. The zero-order chi connectivity index (χ0) is 24.6. The van der Waals surface area contributed by atoms with Crippen molar-refractivity contribution >= 4 is 58.4 Å². The van der Waals surface area contributed by atoms with Crippen molar-refractivity contribution in [2.75, 3.05) is 29.9 Å². The molecule has 2 amide bonds. The van der Waals surface area contributed by atoms with Crippen molar-refractivity contribution in [2.24, 2.45) is 0 Å². The third kappa shape index (κ3) is 5.19. The van der Waals surface area contributed by atoms with Crippen LogP contribution in [-0.2, 0) is 9.59 Å². The highest BCUT2D eigenvalue weighted by molar-refractivity contribution is 6.35. The number of nitrogens with zero attached hydrogens (tertiary/aromatic N) is 4. The molecule has 0 aliphatic carbocycles. The van der Waals surface area contributed by atoms with Gasteiger partial charge in [0, 0.05) is 42.1 Å². The van der Waals surface area contributed by atoms with Gasteiger partial charge in [-0.3, -0.25) is 9.59 Å². The van der Waals surface area contributed by atoms with Crippen LogP contribution >= 0.6 is 34.8 Å². The summed E-state index contributed by atoms with van der Waals surface area (Å²) >= 11 is 18.9. The highest BCUT2D eigenvalue weighted by Crippen LogP contribution is 2.32. The minimum absolute atomic E-state index is 0.0257. The number of aryl methyl sites for hydroxylation is 1. The topological polar surface area (TPSA) is 90.5 Å². The normalized spacial score (nSPS) is 21.4. The second kappa shape index (κ2) is 10.1. The lowest BCUT2D eigenvalue weighted by atomic mass is 10.1. The van der Waals surface area contributed by atoms with E-state index in [1.807, 2.05) is 31.7 Å². The fourth-order valence-corrected chi connectivity index (χ4v) is 5.09. The van der Waals surface area contributed by atoms with Crippen LogP contribution in [0.5, 0.6) is 0 Å². The van der Waals surface area contributed by atoms with Crippen molar-refractivity contribution in [2.45, 2.75) is 51.7 Å². The van der Waals surface area contributed by atoms with Gasteiger partial charge in [0.2, 0.25) is 17.8 Å². The Balaban J connectivity index is 1.49. The molecule has 1 aromatic carbocycles. The number of rotatable bonds is 5. The van der Waals surface area contributed by atoms with Gasteiger partial charge in [-0.2, -0.15) is 4.98 Å². The van der Waals surface area contributed by atoms with Crippen molar-refractivity contribution in [1.29, 1.82) is 0 Å². The maximum Gasteiger partial charge on any atom is 0.245 e. The number of carbonyl (C=O) groups is 2. The van der Waals surface area contributed by atoms with Crippen LogP contribution in [0.15, 0.2) is 18.2 Å². The zero-order valence-corrected chi connectivity index (χ0v) is 21.5. The number of hydrogen-bond donors (Lipinski definition) is 2. The van der Waals surface area contributed by atoms with E-state index in [9.17, 15) is 9.59 Å². The van der Waals surface area contributed by atoms with E-state index in [0.29, 0.717) is 65.0 Å². The Morgan fingerprint density at radius 2 is 2.00 bits per heavy atom. The predicted molar refractivity (Wildman–Crippen MR) is 135 cm³/mol. The zero-order valence-electron chi connectivity index (χ0n) is 19.2. The predicted octanol–water partition coefficient (Wildman–Crippen LogP) is 4.23. The second-order valence-corrected chi connectivity index (χ2v) is 10.0. The number of halogens is 3. The van der Waals surface area contributed by atoms with Crippen molar-refractivity contribution < 1.29 is 9.59 Å². The van der Waals surface area contributed by atoms with E-state index in [2.05, 4.69) is 20.5 Å². The van der Waals surface area contributed by atoms with Crippen LogP contribution in [0.2, 0.25) is 15.1 Å². The first kappa shape index (κ1) is 24.8. The molecule has 3 atom stereocenters. The van der Waals surface area contributed by atoms with Crippen molar-refractivity contribution in [3.05, 3.63) is 44.5 Å². The summed E-state index contributed by atoms with van der Waals surface area (Å²) in [5.74, 6) is 0.973. The standard InChI is InChI=1S/C23H27Cl3N6O2/c1-12-11-31(8-9-32(12)22(34)18-6-7-19(33)29-18)23-28-14(3)20(26)21(30-23)27-13(2)16-5-4-15(24)10-17(16)25/h4-5,10,12-13,18H,6-9,11H2,1-3H3,(H,29,33)(H,27,28,30)/t12-,13-,18-/m1/s1. The molecular weight excluding hydrogens is 499 g/mol. The number of benzene rings is 1. The first-order chi connectivity index (χ1) is 16.1. The van der Waals surface area contributed by atoms with Crippen LogP contribution in [-0.4, -0.2) is 58.4 Å². The lowest BCUT2D eigenvalue weighted by molar-refractivity contribution is -0.136. The average Bonchev–Trinajstić information content (AvgIpc) is 3.22. The Morgan fingerprint density at radius 1 is 1.24 bits per heavy atom. The van der Waals surface area contributed by atoms with Crippen LogP contribution in [0.25, 0.3) is 0 Å². The number of anilines is 2. The number of piperazine rings is 1. The summed E-state index contributed by atoms with van der Waals surface area (Å²) in [5, 5.41) is 7.68. The molecule has 182 valence electrons. The summed E-state index contributed by atoms with van der Waals surface area (Å²) in [6, 6.07) is 4.72. The summed E-state index contributed by atoms with van der Waals surface area (Å²) in [7, 11) is 0. The molecule has 1 aromatic heterocycles. The maximum atomic E-state index is 12.9. The molecule has 2 saturated heterocycles. The molecule has 3 heterocycles. The van der Waals surface area contributed by atoms with Gasteiger partial charge in [-0.05, 0) is 44.9 Å². The van der Waals surface area contributed by atoms with Gasteiger partial charge in [-0.25, -0.2) is 4.98 Å². The van der Waals surface area contributed by atoms with Crippen LogP contribution in [0.1, 0.15) is 44.0 Å². The van der Waals surface area contributed by atoms with Crippen molar-refractivity contribution in [1.82, 2.24) is 20.2 Å². The highest BCUT2D eigenvalue weighted by Gasteiger charge is 2.36. The number of nitrogens with one attached hydrogen (secondary N) is 2. The molecule has 8 nitrogen and oxygen atoms in total. The number of carbonyl (C=O) groups excluding carboxylic acids is 2. The minimum atomic E-state index is -0.424. The van der Waals surface area contributed by atoms with Crippen LogP contribution < -0.4 is 15.5 Å². The van der Waals surface area contributed by atoms with E-state index in [4.69, 9.17) is 39.8 Å². The number of amides is 2. The summed E-state index contributed by atoms with van der Waals surface area (Å²) in [6.07, 6.45) is 0.951. The molecule has 2 aliphatic heterocycles. The van der Waals surface area contributed by atoms with Gasteiger partial charge in [-0.15, -0.1) is 0 Å². The molecule has 2 fully saturated rings. The SMILES string of the molecule is Cc1nc(N2CCN(C(=O)[C@H]3CCC(=O)N3)[C@H](C)C2)nc(N[C@H](C)c2ccc(Cl)cc2Cl)c1Cl. The first-order valence-corrected chi connectivity index (χ1v) is 12.4. The van der Waals surface area contributed by atoms with Gasteiger partial charge < -0.3 is 20.4 Å². The fourth-order valence-electron chi connectivity index (χ4n) is 4.38. The van der Waals surface area contributed by atoms with Gasteiger partial charge in [0.05, 0.1) is 11.7 Å². The average molecular weight is 526 g/mol. The molecule has 2 N–H and O–H groups in total. The fraction of sp³-hybridized carbons (Fsp3) is 0.478. The Morgan fingerprint density at radius 3 is 2.65 bits per heavy atom. The molecule has 0 spiro atoms. The Hall–Kier alpha value is -2.29. The molecule has 0 unspecified atom stereocenters. The van der Waals surface area contributed by atoms with E-state index < -0.39 is 6.04 Å². The molecule has 34 heavy (non-hydrogen) atoms. The first-order valence-electron chi connectivity index (χ1n) is 11.2. The highest BCUT2D eigenvalue weighted by atomic mass is 35.5. The number of aromatic nitrogens is 2. The Labute approximate surface area is 214 Å². The van der Waals surface area contributed by atoms with Crippen LogP contribution in [0.4, 0.5) is 11.8 Å². The third-order valence-corrected chi connectivity index (χ3v) is 7.29. The van der Waals surface area contributed by atoms with E-state index in [1.54, 1.807) is 12.1 Å². The lowest BCUT2D eigenvalue weighted by Gasteiger charge is -2.41. The number of hydrogen-bond acceptors (Lipinski definition) is 6. The van der Waals surface area contributed by atoms with Crippen molar-refractivity contribution in [3.8, 4) is 0 Å². The van der Waals surface area contributed by atoms with Gasteiger partial charge >= 0.3 is 0 Å². The van der Waals surface area contributed by atoms with E-state index in [0.717, 1.165) is 5.56 Å². The summed E-state index contributed by atoms with van der Waals surface area (Å²) in [6.45, 7) is 7.48.